The lowest BCUT2D eigenvalue weighted by atomic mass is 10.0. The summed E-state index contributed by atoms with van der Waals surface area (Å²) < 4.78 is 32.6. The van der Waals surface area contributed by atoms with Gasteiger partial charge in [0.2, 0.25) is 5.91 Å². The van der Waals surface area contributed by atoms with E-state index in [0.29, 0.717) is 25.3 Å². The largest absolute Gasteiger partial charge is 0.378 e. The van der Waals surface area contributed by atoms with Gasteiger partial charge in [-0.15, -0.1) is 0 Å². The second-order valence-corrected chi connectivity index (χ2v) is 9.72. The fourth-order valence-electron chi connectivity index (χ4n) is 3.79. The predicted molar refractivity (Wildman–Crippen MR) is 121 cm³/mol. The second-order valence-electron chi connectivity index (χ2n) is 8.07. The first kappa shape index (κ1) is 22.2. The van der Waals surface area contributed by atoms with Crippen molar-refractivity contribution in [3.8, 4) is 0 Å². The van der Waals surface area contributed by atoms with Gasteiger partial charge >= 0.3 is 0 Å². The zero-order valence-electron chi connectivity index (χ0n) is 18.1. The standard InChI is InChI=1S/C22H27N5O4S/c1-15(2)19(25-20-17-7-3-4-8-18(17)32(29,30)26-20)22(28)24-14-16-6-5-9-23-21(16)27-10-12-31-13-11-27/h3-9,15,19H,10-14H2,1-2H3,(H,24,28)(H,25,26)/t19-/m0/s1. The SMILES string of the molecule is CC(C)[C@H](N=C1NS(=O)(=O)c2ccccc21)C(=O)NCc1cccnc1N1CCOCC1. The van der Waals surface area contributed by atoms with E-state index >= 15 is 0 Å². The maximum Gasteiger partial charge on any atom is 0.263 e. The lowest BCUT2D eigenvalue weighted by Crippen LogP contribution is -2.40. The van der Waals surface area contributed by atoms with E-state index in [0.717, 1.165) is 24.5 Å². The van der Waals surface area contributed by atoms with Gasteiger partial charge in [0.25, 0.3) is 10.0 Å². The van der Waals surface area contributed by atoms with E-state index < -0.39 is 16.1 Å². The van der Waals surface area contributed by atoms with Gasteiger partial charge < -0.3 is 15.0 Å². The molecule has 3 heterocycles. The molecule has 0 aliphatic carbocycles. The number of carbonyl (C=O) groups excluding carboxylic acids is 1. The van der Waals surface area contributed by atoms with Crippen LogP contribution >= 0.6 is 0 Å². The van der Waals surface area contributed by atoms with E-state index in [-0.39, 0.29) is 22.6 Å². The maximum atomic E-state index is 13.1. The number of rotatable bonds is 6. The van der Waals surface area contributed by atoms with Gasteiger partial charge in [-0.05, 0) is 24.1 Å². The van der Waals surface area contributed by atoms with Gasteiger partial charge in [0.15, 0.2) is 0 Å². The van der Waals surface area contributed by atoms with E-state index in [1.807, 2.05) is 26.0 Å². The van der Waals surface area contributed by atoms with Gasteiger partial charge in [0.05, 0.1) is 18.1 Å². The van der Waals surface area contributed by atoms with Crippen molar-refractivity contribution in [1.29, 1.82) is 0 Å². The molecule has 0 spiro atoms. The summed E-state index contributed by atoms with van der Waals surface area (Å²) in [5.41, 5.74) is 1.39. The first-order valence-electron chi connectivity index (χ1n) is 10.6. The Morgan fingerprint density at radius 3 is 2.72 bits per heavy atom. The molecule has 170 valence electrons. The molecule has 1 fully saturated rings. The van der Waals surface area contributed by atoms with Crippen LogP contribution in [0.5, 0.6) is 0 Å². The minimum atomic E-state index is -3.66. The van der Waals surface area contributed by atoms with Crippen molar-refractivity contribution in [3.05, 3.63) is 53.7 Å². The molecular formula is C22H27N5O4S. The van der Waals surface area contributed by atoms with Gasteiger partial charge in [-0.25, -0.2) is 13.4 Å². The number of anilines is 1. The van der Waals surface area contributed by atoms with E-state index in [9.17, 15) is 13.2 Å². The number of aliphatic imine (C=N–C) groups is 1. The molecule has 1 saturated heterocycles. The first-order chi connectivity index (χ1) is 15.4. The highest BCUT2D eigenvalue weighted by molar-refractivity contribution is 7.90. The molecule has 1 atom stereocenters. The van der Waals surface area contributed by atoms with E-state index in [4.69, 9.17) is 4.74 Å². The number of fused-ring (bicyclic) bond motifs is 1. The van der Waals surface area contributed by atoms with Crippen LogP contribution in [-0.2, 0) is 26.1 Å². The highest BCUT2D eigenvalue weighted by Gasteiger charge is 2.32. The molecule has 0 bridgehead atoms. The van der Waals surface area contributed by atoms with Crippen molar-refractivity contribution in [3.63, 3.8) is 0 Å². The average molecular weight is 458 g/mol. The number of aromatic nitrogens is 1. The molecule has 2 N–H and O–H groups in total. The van der Waals surface area contributed by atoms with Crippen LogP contribution in [0, 0.1) is 5.92 Å². The Balaban J connectivity index is 1.52. The first-order valence-corrected chi connectivity index (χ1v) is 12.1. The Labute approximate surface area is 188 Å². The van der Waals surface area contributed by atoms with Crippen molar-refractivity contribution in [2.24, 2.45) is 10.9 Å². The summed E-state index contributed by atoms with van der Waals surface area (Å²) >= 11 is 0. The fraction of sp³-hybridized carbons (Fsp3) is 0.409. The predicted octanol–water partition coefficient (Wildman–Crippen LogP) is 1.30. The molecular weight excluding hydrogens is 430 g/mol. The number of hydrogen-bond acceptors (Lipinski definition) is 7. The maximum absolute atomic E-state index is 13.1. The Hall–Kier alpha value is -2.98. The average Bonchev–Trinajstić information content (AvgIpc) is 3.06. The summed E-state index contributed by atoms with van der Waals surface area (Å²) in [6.45, 7) is 6.86. The number of carbonyl (C=O) groups is 1. The van der Waals surface area contributed by atoms with Gasteiger partial charge in [0.1, 0.15) is 17.7 Å². The third-order valence-electron chi connectivity index (χ3n) is 5.46. The molecule has 1 aromatic heterocycles. The molecule has 0 saturated carbocycles. The normalized spacial score (nSPS) is 19.5. The van der Waals surface area contributed by atoms with Crippen LogP contribution < -0.4 is 14.9 Å². The minimum absolute atomic E-state index is 0.132. The number of amidine groups is 1. The Morgan fingerprint density at radius 1 is 1.22 bits per heavy atom. The van der Waals surface area contributed by atoms with E-state index in [2.05, 4.69) is 24.9 Å². The Kier molecular flexibility index (Phi) is 6.43. The summed E-state index contributed by atoms with van der Waals surface area (Å²) in [5.74, 6) is 0.631. The summed E-state index contributed by atoms with van der Waals surface area (Å²) in [6.07, 6.45) is 1.74. The lowest BCUT2D eigenvalue weighted by molar-refractivity contribution is -0.123. The molecule has 2 aliphatic rings. The van der Waals surface area contributed by atoms with Gasteiger partial charge in [0, 0.05) is 37.0 Å². The third kappa shape index (κ3) is 4.61. The minimum Gasteiger partial charge on any atom is -0.378 e. The van der Waals surface area contributed by atoms with Crippen molar-refractivity contribution in [2.75, 3.05) is 31.2 Å². The molecule has 0 unspecified atom stereocenters. The quantitative estimate of drug-likeness (QED) is 0.676. The molecule has 2 aromatic rings. The number of ether oxygens (including phenoxy) is 1. The number of morpholine rings is 1. The van der Waals surface area contributed by atoms with Crippen LogP contribution in [0.1, 0.15) is 25.0 Å². The number of nitrogens with one attached hydrogen (secondary N) is 2. The molecule has 32 heavy (non-hydrogen) atoms. The summed E-state index contributed by atoms with van der Waals surface area (Å²) in [4.78, 5) is 24.4. The number of benzene rings is 1. The van der Waals surface area contributed by atoms with Crippen LogP contribution in [0.4, 0.5) is 5.82 Å². The van der Waals surface area contributed by atoms with Gasteiger partial charge in [-0.3, -0.25) is 14.5 Å². The second kappa shape index (κ2) is 9.25. The van der Waals surface area contributed by atoms with E-state index in [1.54, 1.807) is 24.4 Å². The highest BCUT2D eigenvalue weighted by atomic mass is 32.2. The monoisotopic (exact) mass is 457 g/mol. The topological polar surface area (TPSA) is 113 Å². The fourth-order valence-corrected chi connectivity index (χ4v) is 5.03. The number of sulfonamides is 1. The van der Waals surface area contributed by atoms with Crippen LogP contribution in [0.2, 0.25) is 0 Å². The number of pyridine rings is 1. The van der Waals surface area contributed by atoms with Crippen molar-refractivity contribution in [1.82, 2.24) is 15.0 Å². The van der Waals surface area contributed by atoms with Crippen molar-refractivity contribution in [2.45, 2.75) is 31.3 Å². The Bertz CT molecular complexity index is 1130. The molecule has 1 amide bonds. The van der Waals surface area contributed by atoms with Gasteiger partial charge in [-0.1, -0.05) is 32.0 Å². The zero-order chi connectivity index (χ0) is 22.7. The molecule has 4 rings (SSSR count). The van der Waals surface area contributed by atoms with Crippen LogP contribution in [0.3, 0.4) is 0 Å². The van der Waals surface area contributed by atoms with E-state index in [1.165, 1.54) is 6.07 Å². The summed E-state index contributed by atoms with van der Waals surface area (Å²) in [7, 11) is -3.66. The summed E-state index contributed by atoms with van der Waals surface area (Å²) in [5, 5.41) is 2.96. The molecule has 0 radical (unpaired) electrons. The number of amides is 1. The summed E-state index contributed by atoms with van der Waals surface area (Å²) in [6, 6.07) is 9.66. The number of hydrogen-bond donors (Lipinski definition) is 2. The Morgan fingerprint density at radius 2 is 1.97 bits per heavy atom. The molecule has 9 nitrogen and oxygen atoms in total. The number of nitrogens with zero attached hydrogens (tertiary/aromatic N) is 3. The van der Waals surface area contributed by atoms with Crippen LogP contribution in [0.15, 0.2) is 52.5 Å². The van der Waals surface area contributed by atoms with Crippen LogP contribution in [0.25, 0.3) is 0 Å². The molecule has 10 heteroatoms. The smallest absolute Gasteiger partial charge is 0.263 e. The molecule has 1 aromatic carbocycles. The van der Waals surface area contributed by atoms with Crippen molar-refractivity contribution < 1.29 is 17.9 Å². The lowest BCUT2D eigenvalue weighted by Gasteiger charge is -2.29. The zero-order valence-corrected chi connectivity index (χ0v) is 18.9. The molecule has 2 aliphatic heterocycles. The third-order valence-corrected chi connectivity index (χ3v) is 6.86. The van der Waals surface area contributed by atoms with Crippen LogP contribution in [-0.4, -0.2) is 57.5 Å². The highest BCUT2D eigenvalue weighted by Crippen LogP contribution is 2.24. The van der Waals surface area contributed by atoms with Gasteiger partial charge in [-0.2, -0.15) is 0 Å². The van der Waals surface area contributed by atoms with Crippen molar-refractivity contribution >= 4 is 27.6 Å².